The van der Waals surface area contributed by atoms with Crippen molar-refractivity contribution in [1.29, 1.82) is 0 Å². The summed E-state index contributed by atoms with van der Waals surface area (Å²) in [7, 11) is 1.70. The van der Waals surface area contributed by atoms with Gasteiger partial charge in [0.15, 0.2) is 0 Å². The first-order valence-corrected chi connectivity index (χ1v) is 5.82. The van der Waals surface area contributed by atoms with E-state index in [4.69, 9.17) is 10.5 Å². The van der Waals surface area contributed by atoms with Crippen LogP contribution < -0.4 is 5.73 Å². The summed E-state index contributed by atoms with van der Waals surface area (Å²) in [4.78, 5) is 0. The van der Waals surface area contributed by atoms with Gasteiger partial charge in [-0.1, -0.05) is 41.1 Å². The van der Waals surface area contributed by atoms with Crippen molar-refractivity contribution in [1.82, 2.24) is 0 Å². The lowest BCUT2D eigenvalue weighted by molar-refractivity contribution is 0.120. The van der Waals surface area contributed by atoms with Gasteiger partial charge in [0.05, 0.1) is 6.61 Å². The van der Waals surface area contributed by atoms with E-state index >= 15 is 0 Å². The van der Waals surface area contributed by atoms with E-state index in [1.54, 1.807) is 7.11 Å². The number of halogens is 1. The molecule has 0 fully saturated rings. The summed E-state index contributed by atoms with van der Waals surface area (Å²) in [6.45, 7) is 4.80. The Morgan fingerprint density at radius 2 is 2.07 bits per heavy atom. The molecule has 1 rings (SSSR count). The highest BCUT2D eigenvalue weighted by Gasteiger charge is 2.29. The van der Waals surface area contributed by atoms with Crippen LogP contribution in [0.3, 0.4) is 0 Å². The normalized spacial score (nSPS) is 17.1. The second kappa shape index (κ2) is 5.10. The molecule has 3 heteroatoms. The fourth-order valence-electron chi connectivity index (χ4n) is 1.59. The van der Waals surface area contributed by atoms with Crippen molar-refractivity contribution in [3.63, 3.8) is 0 Å². The largest absolute Gasteiger partial charge is 0.384 e. The highest BCUT2D eigenvalue weighted by Crippen LogP contribution is 2.31. The van der Waals surface area contributed by atoms with Gasteiger partial charge >= 0.3 is 0 Å². The summed E-state index contributed by atoms with van der Waals surface area (Å²) >= 11 is 3.53. The maximum Gasteiger partial charge on any atom is 0.0508 e. The molecule has 0 saturated heterocycles. The summed E-state index contributed by atoms with van der Waals surface area (Å²) in [5, 5.41) is 0. The molecule has 0 amide bonds. The van der Waals surface area contributed by atoms with Crippen molar-refractivity contribution in [3.05, 3.63) is 34.3 Å². The summed E-state index contributed by atoms with van der Waals surface area (Å²) < 4.78 is 6.21. The Balaban J connectivity index is 2.99. The van der Waals surface area contributed by atoms with Gasteiger partial charge in [0.1, 0.15) is 0 Å². The molecule has 1 aromatic carbocycles. The van der Waals surface area contributed by atoms with Gasteiger partial charge in [0, 0.05) is 23.0 Å². The molecule has 84 valence electrons. The molecule has 0 aliphatic carbocycles. The van der Waals surface area contributed by atoms with Crippen LogP contribution in [0.5, 0.6) is 0 Å². The molecule has 0 aromatic heterocycles. The summed E-state index contributed by atoms with van der Waals surface area (Å²) in [6.07, 6.45) is 0. The average molecular weight is 272 g/mol. The quantitative estimate of drug-likeness (QED) is 0.914. The van der Waals surface area contributed by atoms with Crippen LogP contribution in [-0.2, 0) is 10.3 Å². The van der Waals surface area contributed by atoms with Gasteiger partial charge in [-0.25, -0.2) is 0 Å². The second-order valence-corrected chi connectivity index (χ2v) is 4.97. The van der Waals surface area contributed by atoms with Gasteiger partial charge in [-0.3, -0.25) is 0 Å². The smallest absolute Gasteiger partial charge is 0.0508 e. The van der Waals surface area contributed by atoms with E-state index in [-0.39, 0.29) is 11.5 Å². The van der Waals surface area contributed by atoms with Gasteiger partial charge in [-0.2, -0.15) is 0 Å². The number of methoxy groups -OCH3 is 1. The van der Waals surface area contributed by atoms with Gasteiger partial charge in [0.25, 0.3) is 0 Å². The summed E-state index contributed by atoms with van der Waals surface area (Å²) in [6, 6.07) is 8.06. The van der Waals surface area contributed by atoms with Crippen LogP contribution in [0.4, 0.5) is 0 Å². The molecule has 2 nitrogen and oxygen atoms in total. The van der Waals surface area contributed by atoms with Crippen molar-refractivity contribution >= 4 is 15.9 Å². The molecule has 0 saturated carbocycles. The van der Waals surface area contributed by atoms with Crippen LogP contribution in [0.1, 0.15) is 19.4 Å². The average Bonchev–Trinajstić information content (AvgIpc) is 2.18. The topological polar surface area (TPSA) is 35.2 Å². The van der Waals surface area contributed by atoms with E-state index in [0.29, 0.717) is 6.61 Å². The number of benzene rings is 1. The SMILES string of the molecule is COCC(C)C(C)(N)c1ccccc1Br. The predicted molar refractivity (Wildman–Crippen MR) is 66.7 cm³/mol. The van der Waals surface area contributed by atoms with Crippen LogP contribution in [0, 0.1) is 5.92 Å². The Bertz CT molecular complexity index is 325. The molecule has 1 aromatic rings. The zero-order valence-corrected chi connectivity index (χ0v) is 11.0. The monoisotopic (exact) mass is 271 g/mol. The second-order valence-electron chi connectivity index (χ2n) is 4.12. The van der Waals surface area contributed by atoms with Gasteiger partial charge in [-0.15, -0.1) is 0 Å². The minimum atomic E-state index is -0.379. The lowest BCUT2D eigenvalue weighted by atomic mass is 9.82. The van der Waals surface area contributed by atoms with Crippen molar-refractivity contribution < 1.29 is 4.74 Å². The molecule has 15 heavy (non-hydrogen) atoms. The van der Waals surface area contributed by atoms with Crippen LogP contribution in [0.25, 0.3) is 0 Å². The fraction of sp³-hybridized carbons (Fsp3) is 0.500. The van der Waals surface area contributed by atoms with E-state index in [0.717, 1.165) is 10.0 Å². The predicted octanol–water partition coefficient (Wildman–Crippen LogP) is 2.91. The van der Waals surface area contributed by atoms with Crippen molar-refractivity contribution in [2.75, 3.05) is 13.7 Å². The number of hydrogen-bond acceptors (Lipinski definition) is 2. The van der Waals surface area contributed by atoms with Gasteiger partial charge in [-0.05, 0) is 18.6 Å². The summed E-state index contributed by atoms with van der Waals surface area (Å²) in [5.41, 5.74) is 7.10. The maximum absolute atomic E-state index is 6.36. The van der Waals surface area contributed by atoms with Gasteiger partial charge < -0.3 is 10.5 Å². The van der Waals surface area contributed by atoms with Crippen molar-refractivity contribution in [3.8, 4) is 0 Å². The van der Waals surface area contributed by atoms with E-state index in [1.807, 2.05) is 25.1 Å². The Morgan fingerprint density at radius 1 is 1.47 bits per heavy atom. The third-order valence-electron chi connectivity index (χ3n) is 2.89. The molecule has 2 N–H and O–H groups in total. The standard InChI is InChI=1S/C12H18BrNO/c1-9(8-15-3)12(2,14)10-6-4-5-7-11(10)13/h4-7,9H,8,14H2,1-3H3. The zero-order chi connectivity index (χ0) is 11.5. The third kappa shape index (κ3) is 2.80. The Labute approximate surface area is 99.9 Å². The first-order chi connectivity index (χ1) is 7.00. The van der Waals surface area contributed by atoms with Crippen LogP contribution in [0.2, 0.25) is 0 Å². The third-order valence-corrected chi connectivity index (χ3v) is 3.59. The van der Waals surface area contributed by atoms with Crippen LogP contribution >= 0.6 is 15.9 Å². The molecule has 0 aliphatic heterocycles. The first kappa shape index (κ1) is 12.7. The maximum atomic E-state index is 6.36. The van der Waals surface area contributed by atoms with Crippen LogP contribution in [-0.4, -0.2) is 13.7 Å². The summed E-state index contributed by atoms with van der Waals surface area (Å²) in [5.74, 6) is 0.265. The van der Waals surface area contributed by atoms with E-state index in [1.165, 1.54) is 0 Å². The molecule has 0 heterocycles. The molecule has 2 unspecified atom stereocenters. The van der Waals surface area contributed by atoms with E-state index in [2.05, 4.69) is 28.9 Å². The van der Waals surface area contributed by atoms with E-state index in [9.17, 15) is 0 Å². The molecule has 2 atom stereocenters. The number of rotatable bonds is 4. The Morgan fingerprint density at radius 3 is 2.60 bits per heavy atom. The number of nitrogens with two attached hydrogens (primary N) is 1. The number of hydrogen-bond donors (Lipinski definition) is 1. The fourth-order valence-corrected chi connectivity index (χ4v) is 2.30. The Hall–Kier alpha value is -0.380. The number of ether oxygens (including phenoxy) is 1. The van der Waals surface area contributed by atoms with Gasteiger partial charge in [0.2, 0.25) is 0 Å². The first-order valence-electron chi connectivity index (χ1n) is 5.03. The lowest BCUT2D eigenvalue weighted by Gasteiger charge is -2.32. The molecule has 0 aliphatic rings. The van der Waals surface area contributed by atoms with Crippen molar-refractivity contribution in [2.24, 2.45) is 11.7 Å². The molecule has 0 radical (unpaired) electrons. The van der Waals surface area contributed by atoms with Crippen LogP contribution in [0.15, 0.2) is 28.7 Å². The molecular formula is C12H18BrNO. The minimum absolute atomic E-state index is 0.265. The lowest BCUT2D eigenvalue weighted by Crippen LogP contribution is -2.42. The molecule has 0 spiro atoms. The highest BCUT2D eigenvalue weighted by atomic mass is 79.9. The minimum Gasteiger partial charge on any atom is -0.384 e. The molecule has 0 bridgehead atoms. The molecular weight excluding hydrogens is 254 g/mol. The Kier molecular flexibility index (Phi) is 4.32. The van der Waals surface area contributed by atoms with Crippen molar-refractivity contribution in [2.45, 2.75) is 19.4 Å². The van der Waals surface area contributed by atoms with E-state index < -0.39 is 0 Å². The highest BCUT2D eigenvalue weighted by molar-refractivity contribution is 9.10. The zero-order valence-electron chi connectivity index (χ0n) is 9.46.